The highest BCUT2D eigenvalue weighted by atomic mass is 35.5. The number of carbonyl (C=O) groups excluding carboxylic acids is 1. The number of rotatable bonds is 5. The molecule has 3 rings (SSSR count). The summed E-state index contributed by atoms with van der Waals surface area (Å²) in [5, 5.41) is 11.6. The van der Waals surface area contributed by atoms with E-state index in [0.717, 1.165) is 21.9 Å². The number of halogens is 1. The number of nitriles is 1. The van der Waals surface area contributed by atoms with Gasteiger partial charge in [-0.3, -0.25) is 4.79 Å². The first-order valence-corrected chi connectivity index (χ1v) is 8.68. The summed E-state index contributed by atoms with van der Waals surface area (Å²) in [7, 11) is 0. The first-order valence-electron chi connectivity index (χ1n) is 8.31. The summed E-state index contributed by atoms with van der Waals surface area (Å²) >= 11 is 6.31. The lowest BCUT2D eigenvalue weighted by Gasteiger charge is -2.13. The van der Waals surface area contributed by atoms with Crippen molar-refractivity contribution >= 4 is 34.4 Å². The second-order valence-electron chi connectivity index (χ2n) is 6.09. The number of benzene rings is 3. The van der Waals surface area contributed by atoms with E-state index in [0.29, 0.717) is 22.9 Å². The van der Waals surface area contributed by atoms with Gasteiger partial charge in [0.2, 0.25) is 0 Å². The molecule has 0 unspecified atom stereocenters. The van der Waals surface area contributed by atoms with Gasteiger partial charge in [-0.05, 0) is 47.0 Å². The molecule has 0 spiro atoms. The Kier molecular flexibility index (Phi) is 5.44. The predicted molar refractivity (Wildman–Crippen MR) is 107 cm³/mol. The van der Waals surface area contributed by atoms with Crippen LogP contribution in [0.2, 0.25) is 5.02 Å². The zero-order valence-electron chi connectivity index (χ0n) is 14.7. The maximum absolute atomic E-state index is 11.2. The van der Waals surface area contributed by atoms with E-state index in [1.807, 2.05) is 19.1 Å². The summed E-state index contributed by atoms with van der Waals surface area (Å²) in [5.41, 5.74) is 7.86. The van der Waals surface area contributed by atoms with E-state index in [1.165, 1.54) is 6.08 Å². The third kappa shape index (κ3) is 4.11. The van der Waals surface area contributed by atoms with E-state index >= 15 is 0 Å². The van der Waals surface area contributed by atoms with Crippen LogP contribution in [0.4, 0.5) is 0 Å². The molecule has 0 aliphatic rings. The molecule has 3 aromatic rings. The van der Waals surface area contributed by atoms with Gasteiger partial charge in [0.15, 0.2) is 0 Å². The highest BCUT2D eigenvalue weighted by Crippen LogP contribution is 2.29. The lowest BCUT2D eigenvalue weighted by molar-refractivity contribution is -0.114. The molecule has 4 nitrogen and oxygen atoms in total. The van der Waals surface area contributed by atoms with E-state index in [2.05, 4.69) is 24.3 Å². The van der Waals surface area contributed by atoms with E-state index in [4.69, 9.17) is 27.3 Å². The molecule has 0 saturated heterocycles. The Bertz CT molecular complexity index is 1100. The summed E-state index contributed by atoms with van der Waals surface area (Å²) in [6.45, 7) is 2.43. The molecule has 134 valence electrons. The summed E-state index contributed by atoms with van der Waals surface area (Å²) in [6, 6.07) is 19.1. The van der Waals surface area contributed by atoms with E-state index in [9.17, 15) is 4.79 Å². The van der Waals surface area contributed by atoms with Crippen molar-refractivity contribution in [1.82, 2.24) is 0 Å². The molecule has 0 radical (unpaired) electrons. The zero-order valence-corrected chi connectivity index (χ0v) is 15.5. The average molecular weight is 377 g/mol. The average Bonchev–Trinajstić information content (AvgIpc) is 2.66. The lowest BCUT2D eigenvalue weighted by Crippen LogP contribution is -2.12. The lowest BCUT2D eigenvalue weighted by atomic mass is 10.0. The van der Waals surface area contributed by atoms with E-state index < -0.39 is 5.91 Å². The van der Waals surface area contributed by atoms with Crippen LogP contribution in [0.3, 0.4) is 0 Å². The van der Waals surface area contributed by atoms with Crippen LogP contribution in [0.15, 0.2) is 60.2 Å². The molecular weight excluding hydrogens is 360 g/mol. The summed E-state index contributed by atoms with van der Waals surface area (Å²) in [5.74, 6) is -0.251. The molecule has 0 atom stereocenters. The quantitative estimate of drug-likeness (QED) is 0.514. The Hall–Kier alpha value is -3.29. The minimum absolute atomic E-state index is 0.133. The van der Waals surface area contributed by atoms with Gasteiger partial charge in [0.25, 0.3) is 5.91 Å². The second-order valence-corrected chi connectivity index (χ2v) is 6.50. The van der Waals surface area contributed by atoms with Crippen LogP contribution >= 0.6 is 11.6 Å². The normalized spacial score (nSPS) is 11.2. The molecule has 0 saturated carbocycles. The molecule has 0 aliphatic carbocycles. The van der Waals surface area contributed by atoms with E-state index in [1.54, 1.807) is 24.3 Å². The third-order valence-corrected chi connectivity index (χ3v) is 4.60. The zero-order chi connectivity index (χ0) is 19.4. The Morgan fingerprint density at radius 3 is 2.70 bits per heavy atom. The van der Waals surface area contributed by atoms with Crippen LogP contribution in [0.1, 0.15) is 16.7 Å². The highest BCUT2D eigenvalue weighted by Gasteiger charge is 2.09. The molecule has 2 N–H and O–H groups in total. The molecule has 0 bridgehead atoms. The Labute approximate surface area is 162 Å². The SMILES string of the molecule is Cc1ccc2ccccc2c1COc1ccc(/C=C(\C#N)C(N)=O)cc1Cl. The van der Waals surface area contributed by atoms with Crippen molar-refractivity contribution in [3.63, 3.8) is 0 Å². The number of primary amides is 1. The van der Waals surface area contributed by atoms with Gasteiger partial charge in [0.05, 0.1) is 5.02 Å². The van der Waals surface area contributed by atoms with Gasteiger partial charge in [-0.2, -0.15) is 5.26 Å². The fraction of sp³-hybridized carbons (Fsp3) is 0.0909. The minimum Gasteiger partial charge on any atom is -0.487 e. The summed E-state index contributed by atoms with van der Waals surface area (Å²) < 4.78 is 5.94. The fourth-order valence-electron chi connectivity index (χ4n) is 2.84. The van der Waals surface area contributed by atoms with Gasteiger partial charge in [-0.15, -0.1) is 0 Å². The first-order chi connectivity index (χ1) is 13.0. The predicted octanol–water partition coefficient (Wildman–Crippen LogP) is 4.77. The van der Waals surface area contributed by atoms with Crippen LogP contribution < -0.4 is 10.5 Å². The number of carbonyl (C=O) groups is 1. The molecule has 0 fully saturated rings. The van der Waals surface area contributed by atoms with Crippen molar-refractivity contribution in [3.05, 3.63) is 81.9 Å². The van der Waals surface area contributed by atoms with Crippen molar-refractivity contribution in [2.24, 2.45) is 5.73 Å². The van der Waals surface area contributed by atoms with Crippen LogP contribution in [0.5, 0.6) is 5.75 Å². The van der Waals surface area contributed by atoms with E-state index in [-0.39, 0.29) is 5.57 Å². The molecule has 27 heavy (non-hydrogen) atoms. The number of hydrogen-bond acceptors (Lipinski definition) is 3. The molecule has 1 amide bonds. The molecule has 5 heteroatoms. The van der Waals surface area contributed by atoms with Gasteiger partial charge < -0.3 is 10.5 Å². The monoisotopic (exact) mass is 376 g/mol. The molecule has 0 aliphatic heterocycles. The summed E-state index contributed by atoms with van der Waals surface area (Å²) in [4.78, 5) is 11.2. The molecule has 0 heterocycles. The minimum atomic E-state index is -0.777. The second kappa shape index (κ2) is 7.94. The number of aryl methyl sites for hydroxylation is 1. The maximum atomic E-state index is 11.2. The largest absolute Gasteiger partial charge is 0.487 e. The number of ether oxygens (including phenoxy) is 1. The van der Waals surface area contributed by atoms with Crippen LogP contribution in [-0.2, 0) is 11.4 Å². The number of nitrogens with two attached hydrogens (primary N) is 1. The van der Waals surface area contributed by atoms with Crippen molar-refractivity contribution in [2.75, 3.05) is 0 Å². The Morgan fingerprint density at radius 1 is 1.22 bits per heavy atom. The Morgan fingerprint density at radius 2 is 2.00 bits per heavy atom. The van der Waals surface area contributed by atoms with Crippen LogP contribution in [0, 0.1) is 18.3 Å². The van der Waals surface area contributed by atoms with Crippen molar-refractivity contribution in [3.8, 4) is 11.8 Å². The first kappa shape index (κ1) is 18.5. The van der Waals surface area contributed by atoms with Gasteiger partial charge in [0, 0.05) is 5.56 Å². The maximum Gasteiger partial charge on any atom is 0.259 e. The number of amides is 1. The standard InChI is InChI=1S/C22H17ClN2O2/c1-14-6-8-16-4-2-3-5-18(16)19(14)13-27-21-9-7-15(11-20(21)23)10-17(12-24)22(25)26/h2-11H,13H2,1H3,(H2,25,26)/b17-10+. The Balaban J connectivity index is 1.85. The van der Waals surface area contributed by atoms with Crippen molar-refractivity contribution in [2.45, 2.75) is 13.5 Å². The number of hydrogen-bond donors (Lipinski definition) is 1. The molecular formula is C22H17ClN2O2. The number of fused-ring (bicyclic) bond motifs is 1. The van der Waals surface area contributed by atoms with Gasteiger partial charge >= 0.3 is 0 Å². The van der Waals surface area contributed by atoms with Crippen molar-refractivity contribution < 1.29 is 9.53 Å². The van der Waals surface area contributed by atoms with Crippen LogP contribution in [0.25, 0.3) is 16.8 Å². The number of nitrogens with zero attached hydrogens (tertiary/aromatic N) is 1. The summed E-state index contributed by atoms with van der Waals surface area (Å²) in [6.07, 6.45) is 1.40. The topological polar surface area (TPSA) is 76.1 Å². The molecule has 3 aromatic carbocycles. The van der Waals surface area contributed by atoms with Crippen molar-refractivity contribution in [1.29, 1.82) is 5.26 Å². The van der Waals surface area contributed by atoms with Gasteiger partial charge in [-0.25, -0.2) is 0 Å². The van der Waals surface area contributed by atoms with Crippen LogP contribution in [-0.4, -0.2) is 5.91 Å². The van der Waals surface area contributed by atoms with Gasteiger partial charge in [-0.1, -0.05) is 54.1 Å². The smallest absolute Gasteiger partial charge is 0.259 e. The molecule has 0 aromatic heterocycles. The highest BCUT2D eigenvalue weighted by molar-refractivity contribution is 6.32. The third-order valence-electron chi connectivity index (χ3n) is 4.30. The van der Waals surface area contributed by atoms with Gasteiger partial charge in [0.1, 0.15) is 24.0 Å². The fourth-order valence-corrected chi connectivity index (χ4v) is 3.08.